The summed E-state index contributed by atoms with van der Waals surface area (Å²) in [7, 11) is 0. The zero-order valence-corrected chi connectivity index (χ0v) is 16.2. The van der Waals surface area contributed by atoms with E-state index >= 15 is 0 Å². The monoisotopic (exact) mass is 388 g/mol. The Morgan fingerprint density at radius 1 is 1.10 bits per heavy atom. The molecule has 0 amide bonds. The number of piperidine rings is 1. The Balaban J connectivity index is 1.32. The van der Waals surface area contributed by atoms with Crippen LogP contribution in [0.2, 0.25) is 0 Å². The van der Waals surface area contributed by atoms with E-state index in [4.69, 9.17) is 10.8 Å². The van der Waals surface area contributed by atoms with Gasteiger partial charge < -0.3 is 11.1 Å². The molecule has 1 aliphatic heterocycles. The maximum absolute atomic E-state index is 5.90. The molecule has 1 aromatic carbocycles. The van der Waals surface area contributed by atoms with Gasteiger partial charge in [-0.2, -0.15) is 15.4 Å². The Hall–Kier alpha value is -3.26. The van der Waals surface area contributed by atoms with Crippen LogP contribution >= 0.6 is 0 Å². The second kappa shape index (κ2) is 7.63. The number of nitrogen functional groups attached to an aromatic ring is 1. The fourth-order valence-electron chi connectivity index (χ4n) is 4.12. The van der Waals surface area contributed by atoms with Crippen LogP contribution < -0.4 is 11.1 Å². The zero-order chi connectivity index (χ0) is 19.6. The van der Waals surface area contributed by atoms with Gasteiger partial charge in [-0.3, -0.25) is 4.68 Å². The van der Waals surface area contributed by atoms with Gasteiger partial charge in [-0.05, 0) is 60.7 Å². The summed E-state index contributed by atoms with van der Waals surface area (Å²) >= 11 is 0. The van der Waals surface area contributed by atoms with Crippen LogP contribution in [-0.4, -0.2) is 43.3 Å². The van der Waals surface area contributed by atoms with Crippen LogP contribution in [0.25, 0.3) is 11.2 Å². The normalized spacial score (nSPS) is 15.2. The minimum Gasteiger partial charge on any atom is -0.384 e. The van der Waals surface area contributed by atoms with Gasteiger partial charge in [0.05, 0.1) is 12.2 Å². The van der Waals surface area contributed by atoms with Crippen molar-refractivity contribution in [3.8, 4) is 0 Å². The maximum Gasteiger partial charge on any atom is 0.203 e. The van der Waals surface area contributed by atoms with Crippen LogP contribution in [0.15, 0.2) is 42.6 Å². The molecule has 0 saturated carbocycles. The summed E-state index contributed by atoms with van der Waals surface area (Å²) in [6.07, 6.45) is 5.08. The van der Waals surface area contributed by atoms with Gasteiger partial charge in [-0.25, -0.2) is 4.98 Å². The van der Waals surface area contributed by atoms with E-state index in [1.54, 1.807) is 0 Å². The standard InChI is InChI=1S/C21H24N8/c22-19-12-17(20-21(24-19)26-28-25-20)11-18-6-9-29(27-18)13-14-2-1-3-16(10-14)15-4-7-23-8-5-15/h1-3,6,9-10,12,15,23H,4-5,7-8,11,13H2,(H3,22,24,25,26,28). The van der Waals surface area contributed by atoms with E-state index in [2.05, 4.69) is 50.0 Å². The SMILES string of the molecule is Nc1cc(Cc2ccn(Cc3cccc(C4CCNCC4)c3)n2)c2n[nH]nc2n1. The highest BCUT2D eigenvalue weighted by Gasteiger charge is 2.15. The maximum atomic E-state index is 5.90. The van der Waals surface area contributed by atoms with Crippen molar-refractivity contribution < 1.29 is 0 Å². The predicted molar refractivity (Wildman–Crippen MR) is 112 cm³/mol. The molecule has 4 N–H and O–H groups in total. The Labute approximate surface area is 168 Å². The Bertz CT molecular complexity index is 1120. The van der Waals surface area contributed by atoms with E-state index in [0.29, 0.717) is 23.8 Å². The molecular weight excluding hydrogens is 364 g/mol. The van der Waals surface area contributed by atoms with Crippen molar-refractivity contribution in [2.75, 3.05) is 18.8 Å². The lowest BCUT2D eigenvalue weighted by Gasteiger charge is -2.23. The van der Waals surface area contributed by atoms with Crippen molar-refractivity contribution in [2.24, 2.45) is 0 Å². The molecule has 0 bridgehead atoms. The molecule has 0 spiro atoms. The largest absolute Gasteiger partial charge is 0.384 e. The molecule has 0 atom stereocenters. The fraction of sp³-hybridized carbons (Fsp3) is 0.333. The number of aromatic amines is 1. The molecule has 0 aliphatic carbocycles. The molecule has 5 rings (SSSR count). The van der Waals surface area contributed by atoms with Crippen molar-refractivity contribution in [3.63, 3.8) is 0 Å². The Morgan fingerprint density at radius 3 is 2.90 bits per heavy atom. The molecule has 0 radical (unpaired) electrons. The van der Waals surface area contributed by atoms with E-state index in [-0.39, 0.29) is 0 Å². The summed E-state index contributed by atoms with van der Waals surface area (Å²) in [6, 6.07) is 12.8. The van der Waals surface area contributed by atoms with Gasteiger partial charge in [0.2, 0.25) is 5.65 Å². The molecule has 3 aromatic heterocycles. The lowest BCUT2D eigenvalue weighted by molar-refractivity contribution is 0.460. The highest BCUT2D eigenvalue weighted by molar-refractivity contribution is 5.75. The van der Waals surface area contributed by atoms with E-state index < -0.39 is 0 Å². The van der Waals surface area contributed by atoms with Crippen LogP contribution in [0.1, 0.15) is 41.1 Å². The quantitative estimate of drug-likeness (QED) is 0.484. The number of rotatable bonds is 5. The summed E-state index contributed by atoms with van der Waals surface area (Å²) < 4.78 is 1.99. The number of nitrogens with one attached hydrogen (secondary N) is 2. The lowest BCUT2D eigenvalue weighted by Crippen LogP contribution is -2.26. The number of hydrogen-bond acceptors (Lipinski definition) is 6. The van der Waals surface area contributed by atoms with Crippen LogP contribution in [0.3, 0.4) is 0 Å². The molecule has 29 heavy (non-hydrogen) atoms. The first kappa shape index (κ1) is 17.8. The molecule has 1 aliphatic rings. The van der Waals surface area contributed by atoms with Gasteiger partial charge in [0.15, 0.2) is 0 Å². The molecule has 4 heterocycles. The van der Waals surface area contributed by atoms with Crippen molar-refractivity contribution in [1.29, 1.82) is 0 Å². The molecule has 8 heteroatoms. The van der Waals surface area contributed by atoms with Gasteiger partial charge in [-0.1, -0.05) is 24.3 Å². The lowest BCUT2D eigenvalue weighted by atomic mass is 9.89. The first-order valence-electron chi connectivity index (χ1n) is 10.0. The second-order valence-corrected chi connectivity index (χ2v) is 7.65. The molecule has 0 unspecified atom stereocenters. The Kier molecular flexibility index (Phi) is 4.69. The third-order valence-corrected chi connectivity index (χ3v) is 5.56. The third kappa shape index (κ3) is 3.84. The molecular formula is C21H24N8. The van der Waals surface area contributed by atoms with Gasteiger partial charge >= 0.3 is 0 Å². The minimum absolute atomic E-state index is 0.440. The number of aromatic nitrogens is 6. The number of nitrogens with two attached hydrogens (primary N) is 1. The number of anilines is 1. The highest BCUT2D eigenvalue weighted by atomic mass is 15.3. The number of benzene rings is 1. The third-order valence-electron chi connectivity index (χ3n) is 5.56. The van der Waals surface area contributed by atoms with Crippen LogP contribution in [0.4, 0.5) is 5.82 Å². The number of pyridine rings is 1. The van der Waals surface area contributed by atoms with Crippen molar-refractivity contribution in [2.45, 2.75) is 31.7 Å². The van der Waals surface area contributed by atoms with E-state index in [9.17, 15) is 0 Å². The van der Waals surface area contributed by atoms with Gasteiger partial charge in [0.1, 0.15) is 11.3 Å². The van der Waals surface area contributed by atoms with Gasteiger partial charge in [0.25, 0.3) is 0 Å². The zero-order valence-electron chi connectivity index (χ0n) is 16.2. The smallest absolute Gasteiger partial charge is 0.203 e. The van der Waals surface area contributed by atoms with Crippen LogP contribution in [-0.2, 0) is 13.0 Å². The van der Waals surface area contributed by atoms with Crippen molar-refractivity contribution in [3.05, 3.63) is 65.0 Å². The van der Waals surface area contributed by atoms with E-state index in [1.165, 1.54) is 24.0 Å². The number of fused-ring (bicyclic) bond motifs is 1. The number of H-pyrrole nitrogens is 1. The molecule has 148 valence electrons. The van der Waals surface area contributed by atoms with Gasteiger partial charge in [-0.15, -0.1) is 5.10 Å². The average molecular weight is 388 g/mol. The minimum atomic E-state index is 0.440. The second-order valence-electron chi connectivity index (χ2n) is 7.65. The van der Waals surface area contributed by atoms with Gasteiger partial charge in [0, 0.05) is 12.6 Å². The first-order chi connectivity index (χ1) is 14.2. The molecule has 4 aromatic rings. The van der Waals surface area contributed by atoms with Crippen molar-refractivity contribution in [1.82, 2.24) is 35.5 Å². The first-order valence-corrected chi connectivity index (χ1v) is 10.0. The van der Waals surface area contributed by atoms with E-state index in [0.717, 1.165) is 36.4 Å². The number of nitrogens with zero attached hydrogens (tertiary/aromatic N) is 5. The summed E-state index contributed by atoms with van der Waals surface area (Å²) in [4.78, 5) is 4.19. The predicted octanol–water partition coefficient (Wildman–Crippen LogP) is 2.24. The fourth-order valence-corrected chi connectivity index (χ4v) is 4.12. The summed E-state index contributed by atoms with van der Waals surface area (Å²) in [5, 5.41) is 19.0. The Morgan fingerprint density at radius 2 is 2.00 bits per heavy atom. The van der Waals surface area contributed by atoms with Crippen molar-refractivity contribution >= 4 is 17.0 Å². The summed E-state index contributed by atoms with van der Waals surface area (Å²) in [5.74, 6) is 1.10. The average Bonchev–Trinajstić information content (AvgIpc) is 3.38. The van der Waals surface area contributed by atoms with Crippen LogP contribution in [0, 0.1) is 0 Å². The topological polar surface area (TPSA) is 110 Å². The van der Waals surface area contributed by atoms with E-state index in [1.807, 2.05) is 23.0 Å². The molecule has 8 nitrogen and oxygen atoms in total. The number of hydrogen-bond donors (Lipinski definition) is 3. The molecule has 1 saturated heterocycles. The summed E-state index contributed by atoms with van der Waals surface area (Å²) in [5.41, 5.74) is 11.8. The molecule has 1 fully saturated rings. The van der Waals surface area contributed by atoms with Crippen LogP contribution in [0.5, 0.6) is 0 Å². The highest BCUT2D eigenvalue weighted by Crippen LogP contribution is 2.26. The summed E-state index contributed by atoms with van der Waals surface area (Å²) in [6.45, 7) is 2.97.